The van der Waals surface area contributed by atoms with Crippen molar-refractivity contribution in [3.63, 3.8) is 0 Å². The molecule has 2 rings (SSSR count). The summed E-state index contributed by atoms with van der Waals surface area (Å²) < 4.78 is 4.77. The van der Waals surface area contributed by atoms with Gasteiger partial charge in [-0.15, -0.1) is 0 Å². The Hall–Kier alpha value is -2.61. The summed E-state index contributed by atoms with van der Waals surface area (Å²) in [4.78, 5) is 36.7. The van der Waals surface area contributed by atoms with Crippen LogP contribution in [0.5, 0.6) is 0 Å². The number of anilines is 1. The number of methoxy groups -OCH3 is 1. The quantitative estimate of drug-likeness (QED) is 0.710. The Bertz CT molecular complexity index is 664. The minimum absolute atomic E-state index is 0.0224. The Balaban J connectivity index is 1.86. The van der Waals surface area contributed by atoms with Crippen molar-refractivity contribution in [2.24, 2.45) is 11.8 Å². The van der Waals surface area contributed by atoms with Crippen molar-refractivity contribution in [2.75, 3.05) is 32.1 Å². The summed E-state index contributed by atoms with van der Waals surface area (Å²) in [6, 6.07) is 6.98. The van der Waals surface area contributed by atoms with Gasteiger partial charge in [0.1, 0.15) is 6.61 Å². The van der Waals surface area contributed by atoms with Crippen LogP contribution in [0.4, 0.5) is 10.5 Å². The lowest BCUT2D eigenvalue weighted by Gasteiger charge is -2.34. The number of nitrogens with one attached hydrogen (secondary N) is 2. The summed E-state index contributed by atoms with van der Waals surface area (Å²) in [7, 11) is 1.45. The minimum atomic E-state index is -0.801. The monoisotopic (exact) mass is 363 g/mol. The highest BCUT2D eigenvalue weighted by Gasteiger charge is 2.32. The van der Waals surface area contributed by atoms with Crippen LogP contribution in [0.15, 0.2) is 24.3 Å². The number of hydrogen-bond acceptors (Lipinski definition) is 4. The van der Waals surface area contributed by atoms with Crippen LogP contribution in [0.2, 0.25) is 0 Å². The second kappa shape index (κ2) is 9.19. The Morgan fingerprint density at radius 1 is 1.35 bits per heavy atom. The average Bonchev–Trinajstić information content (AvgIpc) is 2.59. The molecule has 142 valence electrons. The van der Waals surface area contributed by atoms with Gasteiger partial charge in [-0.1, -0.05) is 19.1 Å². The van der Waals surface area contributed by atoms with Gasteiger partial charge in [-0.25, -0.2) is 4.79 Å². The van der Waals surface area contributed by atoms with E-state index < -0.39 is 11.9 Å². The number of carboxylic acids is 1. The zero-order valence-corrected chi connectivity index (χ0v) is 15.0. The molecule has 8 nitrogen and oxygen atoms in total. The normalized spacial score (nSPS) is 19.7. The number of rotatable bonds is 6. The van der Waals surface area contributed by atoms with Crippen LogP contribution in [0.1, 0.15) is 18.9 Å². The molecule has 3 N–H and O–H groups in total. The molecule has 0 saturated carbocycles. The van der Waals surface area contributed by atoms with Crippen molar-refractivity contribution < 1.29 is 24.2 Å². The lowest BCUT2D eigenvalue weighted by atomic mass is 9.87. The lowest BCUT2D eigenvalue weighted by Crippen LogP contribution is -2.48. The molecule has 0 aliphatic carbocycles. The van der Waals surface area contributed by atoms with Gasteiger partial charge < -0.3 is 25.4 Å². The highest BCUT2D eigenvalue weighted by molar-refractivity contribution is 5.91. The predicted octanol–water partition coefficient (Wildman–Crippen LogP) is 1.52. The fraction of sp³-hybridized carbons (Fsp3) is 0.500. The first kappa shape index (κ1) is 19.7. The summed E-state index contributed by atoms with van der Waals surface area (Å²) >= 11 is 0. The van der Waals surface area contributed by atoms with E-state index in [4.69, 9.17) is 9.84 Å². The fourth-order valence-corrected chi connectivity index (χ4v) is 3.07. The van der Waals surface area contributed by atoms with Gasteiger partial charge in [0.25, 0.3) is 0 Å². The molecule has 0 radical (unpaired) electrons. The van der Waals surface area contributed by atoms with Crippen LogP contribution in [0.25, 0.3) is 0 Å². The number of likely N-dealkylation sites (tertiary alicyclic amines) is 1. The number of carboxylic acid groups (broad SMARTS) is 1. The number of aliphatic carboxylic acids is 1. The Labute approximate surface area is 152 Å². The number of hydrogen-bond donors (Lipinski definition) is 3. The van der Waals surface area contributed by atoms with Crippen LogP contribution >= 0.6 is 0 Å². The highest BCUT2D eigenvalue weighted by Crippen LogP contribution is 2.23. The van der Waals surface area contributed by atoms with Crippen molar-refractivity contribution in [2.45, 2.75) is 19.9 Å². The standard InChI is InChI=1S/C18H25N3O5/c1-12-10-21(7-6-15(12)17(23)24)18(25)19-9-13-4-3-5-14(8-13)20-16(22)11-26-2/h3-5,8,12,15H,6-7,9-11H2,1-2H3,(H,19,25)(H,20,22)(H,23,24). The predicted molar refractivity (Wildman–Crippen MR) is 95.7 cm³/mol. The molecule has 26 heavy (non-hydrogen) atoms. The maximum Gasteiger partial charge on any atom is 0.317 e. The van der Waals surface area contributed by atoms with E-state index in [9.17, 15) is 14.4 Å². The van der Waals surface area contributed by atoms with Crippen molar-refractivity contribution in [3.05, 3.63) is 29.8 Å². The summed E-state index contributed by atoms with van der Waals surface area (Å²) in [6.07, 6.45) is 0.463. The van der Waals surface area contributed by atoms with Gasteiger partial charge >= 0.3 is 12.0 Å². The van der Waals surface area contributed by atoms with E-state index in [2.05, 4.69) is 10.6 Å². The molecule has 8 heteroatoms. The molecule has 1 aliphatic heterocycles. The van der Waals surface area contributed by atoms with Crippen molar-refractivity contribution in [1.82, 2.24) is 10.2 Å². The number of piperidine rings is 1. The molecule has 1 fully saturated rings. The van der Waals surface area contributed by atoms with E-state index in [0.29, 0.717) is 31.7 Å². The molecule has 0 aromatic heterocycles. The van der Waals surface area contributed by atoms with Gasteiger partial charge in [0.05, 0.1) is 5.92 Å². The lowest BCUT2D eigenvalue weighted by molar-refractivity contribution is -0.145. The van der Waals surface area contributed by atoms with Crippen molar-refractivity contribution in [1.29, 1.82) is 0 Å². The van der Waals surface area contributed by atoms with E-state index in [-0.39, 0.29) is 24.5 Å². The first-order valence-electron chi connectivity index (χ1n) is 8.54. The number of ether oxygens (including phenoxy) is 1. The molecule has 3 amide bonds. The topological polar surface area (TPSA) is 108 Å². The maximum absolute atomic E-state index is 12.3. The number of carbonyl (C=O) groups excluding carboxylic acids is 2. The molecule has 2 unspecified atom stereocenters. The van der Waals surface area contributed by atoms with Crippen LogP contribution in [0, 0.1) is 11.8 Å². The first-order valence-corrected chi connectivity index (χ1v) is 8.54. The Kier molecular flexibility index (Phi) is 6.97. The summed E-state index contributed by atoms with van der Waals surface area (Å²) in [6.45, 7) is 3.01. The summed E-state index contributed by atoms with van der Waals surface area (Å²) in [5.41, 5.74) is 1.48. The largest absolute Gasteiger partial charge is 0.481 e. The van der Waals surface area contributed by atoms with Gasteiger partial charge in [0.15, 0.2) is 0 Å². The molecule has 1 saturated heterocycles. The molecule has 0 bridgehead atoms. The second-order valence-electron chi connectivity index (χ2n) is 6.50. The van der Waals surface area contributed by atoms with Gasteiger partial charge in [0, 0.05) is 32.4 Å². The average molecular weight is 363 g/mol. The molecule has 2 atom stereocenters. The molecule has 1 heterocycles. The number of benzene rings is 1. The molecular formula is C18H25N3O5. The van der Waals surface area contributed by atoms with E-state index in [1.807, 2.05) is 13.0 Å². The maximum atomic E-state index is 12.3. The zero-order chi connectivity index (χ0) is 19.1. The Morgan fingerprint density at radius 2 is 2.12 bits per heavy atom. The number of urea groups is 1. The Morgan fingerprint density at radius 3 is 2.77 bits per heavy atom. The smallest absolute Gasteiger partial charge is 0.317 e. The minimum Gasteiger partial charge on any atom is -0.481 e. The third-order valence-electron chi connectivity index (χ3n) is 4.44. The van der Waals surface area contributed by atoms with Crippen LogP contribution in [-0.4, -0.2) is 54.7 Å². The van der Waals surface area contributed by atoms with Gasteiger partial charge in [-0.05, 0) is 30.0 Å². The van der Waals surface area contributed by atoms with Crippen molar-refractivity contribution in [3.8, 4) is 0 Å². The van der Waals surface area contributed by atoms with E-state index in [1.54, 1.807) is 23.1 Å². The number of carbonyl (C=O) groups is 3. The summed E-state index contributed by atoms with van der Waals surface area (Å²) in [5.74, 6) is -1.52. The van der Waals surface area contributed by atoms with Crippen LogP contribution < -0.4 is 10.6 Å². The van der Waals surface area contributed by atoms with Crippen LogP contribution in [0.3, 0.4) is 0 Å². The number of amides is 3. The van der Waals surface area contributed by atoms with Gasteiger partial charge in [-0.2, -0.15) is 0 Å². The fourth-order valence-electron chi connectivity index (χ4n) is 3.07. The zero-order valence-electron chi connectivity index (χ0n) is 15.0. The molecule has 1 aromatic rings. The molecule has 0 spiro atoms. The highest BCUT2D eigenvalue weighted by atomic mass is 16.5. The third kappa shape index (κ3) is 5.45. The van der Waals surface area contributed by atoms with Crippen LogP contribution in [-0.2, 0) is 20.9 Å². The van der Waals surface area contributed by atoms with Crippen molar-refractivity contribution >= 4 is 23.6 Å². The van der Waals surface area contributed by atoms with E-state index in [1.165, 1.54) is 7.11 Å². The van der Waals surface area contributed by atoms with E-state index >= 15 is 0 Å². The second-order valence-corrected chi connectivity index (χ2v) is 6.50. The van der Waals surface area contributed by atoms with E-state index in [0.717, 1.165) is 5.56 Å². The summed E-state index contributed by atoms with van der Waals surface area (Å²) in [5, 5.41) is 14.7. The molecule has 1 aliphatic rings. The SMILES string of the molecule is COCC(=O)Nc1cccc(CNC(=O)N2CCC(C(=O)O)C(C)C2)c1. The molecule has 1 aromatic carbocycles. The molecular weight excluding hydrogens is 338 g/mol. The third-order valence-corrected chi connectivity index (χ3v) is 4.44. The van der Waals surface area contributed by atoms with Gasteiger partial charge in [0.2, 0.25) is 5.91 Å². The van der Waals surface area contributed by atoms with Gasteiger partial charge in [-0.3, -0.25) is 9.59 Å². The first-order chi connectivity index (χ1) is 12.4. The number of nitrogens with zero attached hydrogens (tertiary/aromatic N) is 1.